The van der Waals surface area contributed by atoms with Gasteiger partial charge in [-0.1, -0.05) is 11.6 Å². The number of hydrogen-bond donors (Lipinski definition) is 3. The molecule has 0 bridgehead atoms. The molecule has 34 heavy (non-hydrogen) atoms. The maximum atomic E-state index is 14.2. The number of aryl methyl sites for hydroxylation is 1. The van der Waals surface area contributed by atoms with Crippen LogP contribution in [0.4, 0.5) is 15.8 Å². The van der Waals surface area contributed by atoms with Gasteiger partial charge in [-0.3, -0.25) is 14.5 Å². The highest BCUT2D eigenvalue weighted by Crippen LogP contribution is 2.28. The van der Waals surface area contributed by atoms with E-state index in [4.69, 9.17) is 11.6 Å². The van der Waals surface area contributed by atoms with Crippen LogP contribution >= 0.6 is 11.6 Å². The number of alkyl halides is 1. The Labute approximate surface area is 199 Å². The number of rotatable bonds is 8. The number of halogens is 2. The topological polar surface area (TPSA) is 122 Å². The normalized spacial score (nSPS) is 12.6. The highest BCUT2D eigenvalue weighted by atomic mass is 35.5. The van der Waals surface area contributed by atoms with E-state index in [0.29, 0.717) is 39.8 Å². The first-order valence-electron chi connectivity index (χ1n) is 10.6. The standard InChI is InChI=1S/C22H24ClFN8O2/c1-4-31-12-14(7-28-31)30-18-5-17(15-9-29-32-11-13(23)6-26-20(15)32)25-8-16(18)21(33)27-10-19(24)22(2,3)34/h5-9,11-12,19,34H,4,10H2,1-3H3,(H,25,30)(H,27,33)/t19-/m1/s1. The lowest BCUT2D eigenvalue weighted by atomic mass is 10.0. The Bertz CT molecular complexity index is 1330. The van der Waals surface area contributed by atoms with Crippen molar-refractivity contribution in [2.75, 3.05) is 11.9 Å². The van der Waals surface area contributed by atoms with E-state index in [2.05, 4.69) is 30.8 Å². The molecule has 0 fully saturated rings. The van der Waals surface area contributed by atoms with Gasteiger partial charge in [-0.25, -0.2) is 13.9 Å². The van der Waals surface area contributed by atoms with Crippen LogP contribution in [0.1, 0.15) is 31.1 Å². The molecule has 0 saturated heterocycles. The van der Waals surface area contributed by atoms with Crippen LogP contribution in [-0.2, 0) is 6.54 Å². The third-order valence-electron chi connectivity index (χ3n) is 5.19. The van der Waals surface area contributed by atoms with E-state index in [9.17, 15) is 14.3 Å². The lowest BCUT2D eigenvalue weighted by Gasteiger charge is -2.22. The summed E-state index contributed by atoms with van der Waals surface area (Å²) in [6.45, 7) is 4.98. The molecule has 0 spiro atoms. The molecular weight excluding hydrogens is 463 g/mol. The van der Waals surface area contributed by atoms with Crippen molar-refractivity contribution in [2.24, 2.45) is 0 Å². The number of nitrogens with zero attached hydrogens (tertiary/aromatic N) is 6. The minimum atomic E-state index is -1.64. The largest absolute Gasteiger partial charge is 0.387 e. The van der Waals surface area contributed by atoms with Gasteiger partial charge in [0.25, 0.3) is 5.91 Å². The number of hydrogen-bond acceptors (Lipinski definition) is 7. The van der Waals surface area contributed by atoms with Gasteiger partial charge in [0.1, 0.15) is 6.17 Å². The fourth-order valence-electron chi connectivity index (χ4n) is 3.20. The smallest absolute Gasteiger partial charge is 0.255 e. The molecule has 1 amide bonds. The molecule has 4 rings (SSSR count). The molecule has 0 saturated carbocycles. The van der Waals surface area contributed by atoms with Crippen molar-refractivity contribution in [3.05, 3.63) is 53.8 Å². The van der Waals surface area contributed by atoms with Gasteiger partial charge in [0.05, 0.1) is 64.0 Å². The Morgan fingerprint density at radius 3 is 2.71 bits per heavy atom. The molecule has 0 unspecified atom stereocenters. The van der Waals surface area contributed by atoms with E-state index in [0.717, 1.165) is 0 Å². The Kier molecular flexibility index (Phi) is 6.49. The minimum absolute atomic E-state index is 0.198. The molecule has 0 aliphatic heterocycles. The summed E-state index contributed by atoms with van der Waals surface area (Å²) >= 11 is 6.00. The van der Waals surface area contributed by atoms with E-state index < -0.39 is 17.7 Å². The molecule has 4 aromatic heterocycles. The Hall–Kier alpha value is -3.57. The second kappa shape index (κ2) is 9.35. The minimum Gasteiger partial charge on any atom is -0.387 e. The predicted molar refractivity (Wildman–Crippen MR) is 126 cm³/mol. The number of carbonyl (C=O) groups excluding carboxylic acids is 1. The lowest BCUT2D eigenvalue weighted by Crippen LogP contribution is -2.42. The zero-order valence-electron chi connectivity index (χ0n) is 18.8. The van der Waals surface area contributed by atoms with Crippen molar-refractivity contribution in [1.29, 1.82) is 0 Å². The highest BCUT2D eigenvalue weighted by Gasteiger charge is 2.27. The van der Waals surface area contributed by atoms with Crippen molar-refractivity contribution in [1.82, 2.24) is 34.7 Å². The number of amides is 1. The summed E-state index contributed by atoms with van der Waals surface area (Å²) in [6.07, 6.45) is 7.94. The summed E-state index contributed by atoms with van der Waals surface area (Å²) in [5.74, 6) is -0.541. The highest BCUT2D eigenvalue weighted by molar-refractivity contribution is 6.30. The molecule has 10 nitrogen and oxygen atoms in total. The number of aliphatic hydroxyl groups is 1. The van der Waals surface area contributed by atoms with E-state index >= 15 is 0 Å². The summed E-state index contributed by atoms with van der Waals surface area (Å²) in [5.41, 5.74) is 1.42. The summed E-state index contributed by atoms with van der Waals surface area (Å²) in [4.78, 5) is 21.6. The Morgan fingerprint density at radius 1 is 1.21 bits per heavy atom. The molecule has 1 atom stereocenters. The average Bonchev–Trinajstić information content (AvgIpc) is 3.42. The molecule has 0 radical (unpaired) electrons. The van der Waals surface area contributed by atoms with E-state index in [1.54, 1.807) is 35.5 Å². The van der Waals surface area contributed by atoms with Crippen LogP contribution in [0.2, 0.25) is 5.02 Å². The Balaban J connectivity index is 1.69. The van der Waals surface area contributed by atoms with Crippen LogP contribution in [0, 0.1) is 0 Å². The zero-order valence-corrected chi connectivity index (χ0v) is 19.6. The second-order valence-electron chi connectivity index (χ2n) is 8.25. The first kappa shape index (κ1) is 23.6. The summed E-state index contributed by atoms with van der Waals surface area (Å²) in [5, 5.41) is 24.5. The van der Waals surface area contributed by atoms with Gasteiger partial charge in [-0.05, 0) is 26.8 Å². The maximum Gasteiger partial charge on any atom is 0.255 e. The van der Waals surface area contributed by atoms with E-state index in [1.165, 1.54) is 30.8 Å². The van der Waals surface area contributed by atoms with Crippen molar-refractivity contribution in [2.45, 2.75) is 39.1 Å². The summed E-state index contributed by atoms with van der Waals surface area (Å²) in [6, 6.07) is 1.69. The average molecular weight is 487 g/mol. The molecule has 3 N–H and O–H groups in total. The fraction of sp³-hybridized carbons (Fsp3) is 0.318. The van der Waals surface area contributed by atoms with Crippen molar-refractivity contribution < 1.29 is 14.3 Å². The number of fused-ring (bicyclic) bond motifs is 1. The lowest BCUT2D eigenvalue weighted by molar-refractivity contribution is -0.00177. The predicted octanol–water partition coefficient (Wildman–Crippen LogP) is 3.24. The van der Waals surface area contributed by atoms with Crippen LogP contribution < -0.4 is 10.6 Å². The second-order valence-corrected chi connectivity index (χ2v) is 8.69. The van der Waals surface area contributed by atoms with Crippen LogP contribution in [0.3, 0.4) is 0 Å². The van der Waals surface area contributed by atoms with Gasteiger partial charge in [0.2, 0.25) is 0 Å². The zero-order chi connectivity index (χ0) is 24.5. The quantitative estimate of drug-likeness (QED) is 0.349. The summed E-state index contributed by atoms with van der Waals surface area (Å²) in [7, 11) is 0. The first-order chi connectivity index (χ1) is 16.2. The monoisotopic (exact) mass is 486 g/mol. The number of anilines is 2. The van der Waals surface area contributed by atoms with Gasteiger partial charge in [0.15, 0.2) is 5.65 Å². The number of pyridine rings is 1. The molecule has 4 aromatic rings. The third-order valence-corrected chi connectivity index (χ3v) is 5.39. The van der Waals surface area contributed by atoms with Gasteiger partial charge in [-0.15, -0.1) is 0 Å². The summed E-state index contributed by atoms with van der Waals surface area (Å²) < 4.78 is 17.4. The molecule has 0 aromatic carbocycles. The van der Waals surface area contributed by atoms with Crippen molar-refractivity contribution in [3.63, 3.8) is 0 Å². The SMILES string of the molecule is CCn1cc(Nc2cc(-c3cnn4cc(Cl)cnc34)ncc2C(=O)NC[C@@H](F)C(C)(C)O)cn1. The number of carbonyl (C=O) groups is 1. The Morgan fingerprint density at radius 2 is 2.00 bits per heavy atom. The van der Waals surface area contributed by atoms with E-state index in [1.807, 2.05) is 6.92 Å². The molecule has 178 valence electrons. The fourth-order valence-corrected chi connectivity index (χ4v) is 3.34. The first-order valence-corrected chi connectivity index (χ1v) is 11.0. The third kappa shape index (κ3) is 5.00. The molecule has 4 heterocycles. The van der Waals surface area contributed by atoms with Gasteiger partial charge < -0.3 is 15.7 Å². The van der Waals surface area contributed by atoms with Crippen LogP contribution in [-0.4, -0.2) is 58.7 Å². The van der Waals surface area contributed by atoms with Gasteiger partial charge in [-0.2, -0.15) is 10.2 Å². The van der Waals surface area contributed by atoms with Crippen LogP contribution in [0.25, 0.3) is 16.9 Å². The van der Waals surface area contributed by atoms with Crippen LogP contribution in [0.5, 0.6) is 0 Å². The molecule has 12 heteroatoms. The molecule has 0 aliphatic rings. The number of nitrogens with one attached hydrogen (secondary N) is 2. The molecule has 0 aliphatic carbocycles. The van der Waals surface area contributed by atoms with Crippen molar-refractivity contribution >= 4 is 34.5 Å². The molecular formula is C22H24ClFN8O2. The van der Waals surface area contributed by atoms with Gasteiger partial charge >= 0.3 is 0 Å². The van der Waals surface area contributed by atoms with Gasteiger partial charge in [0, 0.05) is 25.1 Å². The van der Waals surface area contributed by atoms with Crippen molar-refractivity contribution in [3.8, 4) is 11.3 Å². The van der Waals surface area contributed by atoms with Crippen LogP contribution in [0.15, 0.2) is 43.2 Å². The van der Waals surface area contributed by atoms with E-state index in [-0.39, 0.29) is 12.1 Å². The maximum absolute atomic E-state index is 14.2. The number of aromatic nitrogens is 6.